The molecule has 0 fully saturated rings. The van der Waals surface area contributed by atoms with Crippen LogP contribution in [0.3, 0.4) is 0 Å². The molecule has 1 aromatic rings. The fraction of sp³-hybridized carbons (Fsp3) is 0.727. The Balaban J connectivity index is 2.81. The summed E-state index contributed by atoms with van der Waals surface area (Å²) in [6.07, 6.45) is 2.12. The van der Waals surface area contributed by atoms with E-state index in [4.69, 9.17) is 5.73 Å². The van der Waals surface area contributed by atoms with Crippen LogP contribution in [-0.2, 0) is 13.5 Å². The van der Waals surface area contributed by atoms with Gasteiger partial charge in [0.25, 0.3) is 0 Å². The molecule has 3 nitrogen and oxygen atoms in total. The van der Waals surface area contributed by atoms with E-state index in [0.717, 1.165) is 25.1 Å². The molecule has 0 aliphatic heterocycles. The van der Waals surface area contributed by atoms with E-state index in [-0.39, 0.29) is 5.41 Å². The standard InChI is InChI=1S/C11H21N3/c1-5-11(3,8-12)7-10-6-9(2)13-14(10)4/h6H,5,7-8,12H2,1-4H3. The van der Waals surface area contributed by atoms with Gasteiger partial charge in [-0.3, -0.25) is 4.68 Å². The van der Waals surface area contributed by atoms with Crippen LogP contribution in [0.2, 0.25) is 0 Å². The summed E-state index contributed by atoms with van der Waals surface area (Å²) < 4.78 is 1.96. The minimum atomic E-state index is 0.209. The molecule has 0 amide bonds. The molecule has 1 unspecified atom stereocenters. The van der Waals surface area contributed by atoms with Crippen molar-refractivity contribution >= 4 is 0 Å². The lowest BCUT2D eigenvalue weighted by Crippen LogP contribution is -2.29. The second-order valence-electron chi connectivity index (χ2n) is 4.45. The fourth-order valence-corrected chi connectivity index (χ4v) is 1.61. The average Bonchev–Trinajstić information content (AvgIpc) is 2.45. The summed E-state index contributed by atoms with van der Waals surface area (Å²) in [4.78, 5) is 0. The zero-order valence-electron chi connectivity index (χ0n) is 9.67. The highest BCUT2D eigenvalue weighted by atomic mass is 15.3. The second kappa shape index (κ2) is 4.13. The van der Waals surface area contributed by atoms with E-state index in [0.29, 0.717) is 0 Å². The molecule has 1 aromatic heterocycles. The van der Waals surface area contributed by atoms with Gasteiger partial charge in [-0.05, 0) is 37.8 Å². The summed E-state index contributed by atoms with van der Waals surface area (Å²) >= 11 is 0. The predicted molar refractivity (Wildman–Crippen MR) is 59.1 cm³/mol. The molecule has 0 radical (unpaired) electrons. The lowest BCUT2D eigenvalue weighted by molar-refractivity contribution is 0.312. The molecule has 2 N–H and O–H groups in total. The van der Waals surface area contributed by atoms with E-state index in [1.54, 1.807) is 0 Å². The van der Waals surface area contributed by atoms with Crippen LogP contribution in [0.25, 0.3) is 0 Å². The summed E-state index contributed by atoms with van der Waals surface area (Å²) in [6, 6.07) is 2.14. The maximum atomic E-state index is 5.79. The second-order valence-corrected chi connectivity index (χ2v) is 4.45. The maximum absolute atomic E-state index is 5.79. The van der Waals surface area contributed by atoms with Crippen molar-refractivity contribution in [2.24, 2.45) is 18.2 Å². The minimum Gasteiger partial charge on any atom is -0.330 e. The Bertz CT molecular complexity index is 297. The molecule has 1 rings (SSSR count). The van der Waals surface area contributed by atoms with Crippen molar-refractivity contribution in [3.05, 3.63) is 17.5 Å². The van der Waals surface area contributed by atoms with Crippen molar-refractivity contribution in [1.29, 1.82) is 0 Å². The molecule has 0 bridgehead atoms. The molecular formula is C11H21N3. The zero-order valence-corrected chi connectivity index (χ0v) is 9.67. The van der Waals surface area contributed by atoms with Crippen LogP contribution in [0.15, 0.2) is 6.07 Å². The molecule has 0 spiro atoms. The van der Waals surface area contributed by atoms with E-state index in [1.165, 1.54) is 5.69 Å². The molecule has 0 saturated heterocycles. The zero-order chi connectivity index (χ0) is 10.8. The summed E-state index contributed by atoms with van der Waals surface area (Å²) in [5, 5.41) is 4.34. The summed E-state index contributed by atoms with van der Waals surface area (Å²) in [5.41, 5.74) is 8.36. The summed E-state index contributed by atoms with van der Waals surface area (Å²) in [6.45, 7) is 7.17. The van der Waals surface area contributed by atoms with Gasteiger partial charge in [-0.2, -0.15) is 5.10 Å². The van der Waals surface area contributed by atoms with Gasteiger partial charge in [-0.15, -0.1) is 0 Å². The third kappa shape index (κ3) is 2.35. The lowest BCUT2D eigenvalue weighted by atomic mass is 9.83. The highest BCUT2D eigenvalue weighted by Crippen LogP contribution is 2.24. The third-order valence-electron chi connectivity index (χ3n) is 3.05. The van der Waals surface area contributed by atoms with Gasteiger partial charge in [0.2, 0.25) is 0 Å². The van der Waals surface area contributed by atoms with Crippen LogP contribution in [0, 0.1) is 12.3 Å². The van der Waals surface area contributed by atoms with Gasteiger partial charge in [0.15, 0.2) is 0 Å². The van der Waals surface area contributed by atoms with E-state index in [2.05, 4.69) is 25.0 Å². The summed E-state index contributed by atoms with van der Waals surface area (Å²) in [5.74, 6) is 0. The van der Waals surface area contributed by atoms with Gasteiger partial charge in [0.05, 0.1) is 5.69 Å². The molecule has 14 heavy (non-hydrogen) atoms. The monoisotopic (exact) mass is 195 g/mol. The number of aryl methyl sites for hydroxylation is 2. The predicted octanol–water partition coefficient (Wildman–Crippen LogP) is 1.65. The Labute approximate surface area is 86.3 Å². The number of aromatic nitrogens is 2. The molecule has 1 heterocycles. The smallest absolute Gasteiger partial charge is 0.0596 e. The van der Waals surface area contributed by atoms with Crippen LogP contribution >= 0.6 is 0 Å². The van der Waals surface area contributed by atoms with Crippen LogP contribution in [-0.4, -0.2) is 16.3 Å². The van der Waals surface area contributed by atoms with Crippen molar-refractivity contribution in [3.8, 4) is 0 Å². The Morgan fingerprint density at radius 1 is 1.57 bits per heavy atom. The van der Waals surface area contributed by atoms with Gasteiger partial charge < -0.3 is 5.73 Å². The first kappa shape index (κ1) is 11.2. The number of nitrogens with two attached hydrogens (primary N) is 1. The molecule has 1 atom stereocenters. The van der Waals surface area contributed by atoms with Gasteiger partial charge in [0.1, 0.15) is 0 Å². The Morgan fingerprint density at radius 3 is 2.57 bits per heavy atom. The van der Waals surface area contributed by atoms with E-state index >= 15 is 0 Å². The van der Waals surface area contributed by atoms with Gasteiger partial charge in [-0.25, -0.2) is 0 Å². The van der Waals surface area contributed by atoms with Crippen molar-refractivity contribution in [2.45, 2.75) is 33.6 Å². The van der Waals surface area contributed by atoms with Crippen LogP contribution in [0.5, 0.6) is 0 Å². The van der Waals surface area contributed by atoms with Crippen LogP contribution in [0.4, 0.5) is 0 Å². The average molecular weight is 195 g/mol. The van der Waals surface area contributed by atoms with Crippen molar-refractivity contribution < 1.29 is 0 Å². The lowest BCUT2D eigenvalue weighted by Gasteiger charge is -2.26. The molecule has 3 heteroatoms. The molecule has 0 aliphatic carbocycles. The van der Waals surface area contributed by atoms with Crippen molar-refractivity contribution in [3.63, 3.8) is 0 Å². The first-order valence-corrected chi connectivity index (χ1v) is 5.20. The van der Waals surface area contributed by atoms with Crippen molar-refractivity contribution in [1.82, 2.24) is 9.78 Å². The molecule has 80 valence electrons. The normalized spacial score (nSPS) is 15.5. The first-order chi connectivity index (χ1) is 6.50. The Kier molecular flexibility index (Phi) is 3.32. The van der Waals surface area contributed by atoms with E-state index in [9.17, 15) is 0 Å². The summed E-state index contributed by atoms with van der Waals surface area (Å²) in [7, 11) is 1.99. The number of hydrogen-bond donors (Lipinski definition) is 1. The number of nitrogens with zero attached hydrogens (tertiary/aromatic N) is 2. The highest BCUT2D eigenvalue weighted by molar-refractivity contribution is 5.10. The van der Waals surface area contributed by atoms with E-state index < -0.39 is 0 Å². The van der Waals surface area contributed by atoms with Crippen LogP contribution in [0.1, 0.15) is 31.7 Å². The highest BCUT2D eigenvalue weighted by Gasteiger charge is 2.22. The molecule has 0 saturated carbocycles. The number of rotatable bonds is 4. The quantitative estimate of drug-likeness (QED) is 0.794. The molecular weight excluding hydrogens is 174 g/mol. The maximum Gasteiger partial charge on any atom is 0.0596 e. The minimum absolute atomic E-state index is 0.209. The fourth-order valence-electron chi connectivity index (χ4n) is 1.61. The van der Waals surface area contributed by atoms with E-state index in [1.807, 2.05) is 18.7 Å². The third-order valence-corrected chi connectivity index (χ3v) is 3.05. The number of hydrogen-bond acceptors (Lipinski definition) is 2. The Morgan fingerprint density at radius 2 is 2.21 bits per heavy atom. The van der Waals surface area contributed by atoms with Crippen molar-refractivity contribution in [2.75, 3.05) is 6.54 Å². The first-order valence-electron chi connectivity index (χ1n) is 5.20. The topological polar surface area (TPSA) is 43.8 Å². The van der Waals surface area contributed by atoms with Crippen LogP contribution < -0.4 is 5.73 Å². The molecule has 0 aliphatic rings. The van der Waals surface area contributed by atoms with Gasteiger partial charge in [0, 0.05) is 12.7 Å². The largest absolute Gasteiger partial charge is 0.330 e. The Hall–Kier alpha value is -0.830. The van der Waals surface area contributed by atoms with Gasteiger partial charge in [-0.1, -0.05) is 13.8 Å². The molecule has 0 aromatic carbocycles. The SMILES string of the molecule is CCC(C)(CN)Cc1cc(C)nn1C. The van der Waals surface area contributed by atoms with Gasteiger partial charge >= 0.3 is 0 Å².